The summed E-state index contributed by atoms with van der Waals surface area (Å²) in [5, 5.41) is 0. The van der Waals surface area contributed by atoms with Gasteiger partial charge in [-0.1, -0.05) is 6.58 Å². The summed E-state index contributed by atoms with van der Waals surface area (Å²) in [7, 11) is 0. The third-order valence-electron chi connectivity index (χ3n) is 1.54. The standard InChI is InChI=1S/C7H13N3/c1-5(2)10-4-6(3)9-7(10)8/h5H,3-4H2,1-2H3,(H2,8,9). The molecule has 1 aliphatic rings. The molecule has 0 aromatic rings. The SMILES string of the molecule is C=C1CN(C(C)C)C(N)=N1. The summed E-state index contributed by atoms with van der Waals surface area (Å²) in [6.07, 6.45) is 0. The Morgan fingerprint density at radius 2 is 2.30 bits per heavy atom. The quantitative estimate of drug-likeness (QED) is 0.576. The predicted octanol–water partition coefficient (Wildman–Crippen LogP) is 0.539. The Morgan fingerprint density at radius 1 is 1.70 bits per heavy atom. The summed E-state index contributed by atoms with van der Waals surface area (Å²) in [5.41, 5.74) is 6.44. The Kier molecular flexibility index (Phi) is 1.66. The fourth-order valence-corrected chi connectivity index (χ4v) is 0.986. The van der Waals surface area contributed by atoms with Crippen molar-refractivity contribution in [2.24, 2.45) is 10.7 Å². The predicted molar refractivity (Wildman–Crippen MR) is 42.6 cm³/mol. The van der Waals surface area contributed by atoms with E-state index in [1.807, 2.05) is 4.90 Å². The lowest BCUT2D eigenvalue weighted by atomic mass is 10.3. The molecule has 0 aromatic heterocycles. The van der Waals surface area contributed by atoms with Crippen LogP contribution in [-0.2, 0) is 0 Å². The van der Waals surface area contributed by atoms with Gasteiger partial charge >= 0.3 is 0 Å². The molecular formula is C7H13N3. The van der Waals surface area contributed by atoms with Crippen molar-refractivity contribution in [2.75, 3.05) is 6.54 Å². The summed E-state index contributed by atoms with van der Waals surface area (Å²) in [6, 6.07) is 0.419. The molecule has 0 bridgehead atoms. The summed E-state index contributed by atoms with van der Waals surface area (Å²) in [5.74, 6) is 0.597. The van der Waals surface area contributed by atoms with E-state index in [9.17, 15) is 0 Å². The van der Waals surface area contributed by atoms with Gasteiger partial charge in [0, 0.05) is 6.04 Å². The smallest absolute Gasteiger partial charge is 0.196 e. The normalized spacial score (nSPS) is 18.5. The number of nitrogens with two attached hydrogens (primary N) is 1. The average Bonchev–Trinajstić information content (AvgIpc) is 2.10. The Balaban J connectivity index is 2.68. The second-order valence-corrected chi connectivity index (χ2v) is 2.76. The molecule has 0 fully saturated rings. The van der Waals surface area contributed by atoms with E-state index in [2.05, 4.69) is 25.4 Å². The largest absolute Gasteiger partial charge is 0.369 e. The molecule has 0 atom stereocenters. The first kappa shape index (κ1) is 7.12. The topological polar surface area (TPSA) is 41.6 Å². The summed E-state index contributed by atoms with van der Waals surface area (Å²) < 4.78 is 0. The van der Waals surface area contributed by atoms with Crippen LogP contribution in [0.3, 0.4) is 0 Å². The average molecular weight is 139 g/mol. The lowest BCUT2D eigenvalue weighted by Crippen LogP contribution is -2.38. The first-order valence-corrected chi connectivity index (χ1v) is 3.40. The van der Waals surface area contributed by atoms with Gasteiger partial charge in [0.2, 0.25) is 0 Å². The van der Waals surface area contributed by atoms with Crippen molar-refractivity contribution in [2.45, 2.75) is 19.9 Å². The fourth-order valence-electron chi connectivity index (χ4n) is 0.986. The zero-order valence-electron chi connectivity index (χ0n) is 6.46. The van der Waals surface area contributed by atoms with Gasteiger partial charge in [0.15, 0.2) is 5.96 Å². The number of hydrogen-bond donors (Lipinski definition) is 1. The molecule has 10 heavy (non-hydrogen) atoms. The van der Waals surface area contributed by atoms with E-state index in [1.54, 1.807) is 0 Å². The molecule has 1 rings (SSSR count). The second kappa shape index (κ2) is 2.33. The Labute approximate surface area is 61.2 Å². The highest BCUT2D eigenvalue weighted by atomic mass is 15.3. The Hall–Kier alpha value is -0.990. The molecule has 3 heteroatoms. The summed E-state index contributed by atoms with van der Waals surface area (Å²) in [6.45, 7) is 8.68. The van der Waals surface area contributed by atoms with Crippen molar-refractivity contribution in [3.63, 3.8) is 0 Å². The number of rotatable bonds is 1. The number of nitrogens with zero attached hydrogens (tertiary/aromatic N) is 2. The third kappa shape index (κ3) is 1.12. The van der Waals surface area contributed by atoms with Gasteiger partial charge < -0.3 is 10.6 Å². The highest BCUT2D eigenvalue weighted by Gasteiger charge is 2.18. The second-order valence-electron chi connectivity index (χ2n) is 2.76. The van der Waals surface area contributed by atoms with Crippen LogP contribution in [0, 0.1) is 0 Å². The first-order chi connectivity index (χ1) is 4.61. The minimum Gasteiger partial charge on any atom is -0.369 e. The molecule has 0 saturated carbocycles. The van der Waals surface area contributed by atoms with Crippen molar-refractivity contribution < 1.29 is 0 Å². The Bertz CT molecular complexity index is 181. The molecule has 0 saturated heterocycles. The van der Waals surface area contributed by atoms with Crippen LogP contribution in [0.5, 0.6) is 0 Å². The monoisotopic (exact) mass is 139 g/mol. The lowest BCUT2D eigenvalue weighted by molar-refractivity contribution is 0.388. The fraction of sp³-hybridized carbons (Fsp3) is 0.571. The van der Waals surface area contributed by atoms with E-state index in [1.165, 1.54) is 0 Å². The van der Waals surface area contributed by atoms with Gasteiger partial charge in [-0.25, -0.2) is 4.99 Å². The minimum absolute atomic E-state index is 0.419. The van der Waals surface area contributed by atoms with Crippen molar-refractivity contribution in [1.82, 2.24) is 4.90 Å². The summed E-state index contributed by atoms with van der Waals surface area (Å²) >= 11 is 0. The van der Waals surface area contributed by atoms with Gasteiger partial charge in [-0.2, -0.15) is 0 Å². The van der Waals surface area contributed by atoms with Crippen LogP contribution in [0.25, 0.3) is 0 Å². The minimum atomic E-state index is 0.419. The van der Waals surface area contributed by atoms with Crippen molar-refractivity contribution in [1.29, 1.82) is 0 Å². The maximum absolute atomic E-state index is 5.59. The molecule has 2 N–H and O–H groups in total. The number of guanidine groups is 1. The maximum atomic E-state index is 5.59. The molecule has 0 aliphatic carbocycles. The zero-order valence-corrected chi connectivity index (χ0v) is 6.46. The van der Waals surface area contributed by atoms with Gasteiger partial charge in [-0.3, -0.25) is 0 Å². The number of aliphatic imine (C=N–C) groups is 1. The molecule has 1 heterocycles. The molecule has 3 nitrogen and oxygen atoms in total. The third-order valence-corrected chi connectivity index (χ3v) is 1.54. The Morgan fingerprint density at radius 3 is 2.50 bits per heavy atom. The van der Waals surface area contributed by atoms with Crippen LogP contribution in [0.1, 0.15) is 13.8 Å². The molecule has 56 valence electrons. The van der Waals surface area contributed by atoms with Crippen LogP contribution >= 0.6 is 0 Å². The van der Waals surface area contributed by atoms with Gasteiger partial charge in [0.1, 0.15) is 0 Å². The molecule has 0 unspecified atom stereocenters. The van der Waals surface area contributed by atoms with Crippen LogP contribution in [0.2, 0.25) is 0 Å². The zero-order chi connectivity index (χ0) is 7.72. The van der Waals surface area contributed by atoms with Crippen molar-refractivity contribution in [3.05, 3.63) is 12.3 Å². The van der Waals surface area contributed by atoms with Crippen LogP contribution < -0.4 is 5.73 Å². The molecular weight excluding hydrogens is 126 g/mol. The van der Waals surface area contributed by atoms with E-state index in [0.717, 1.165) is 12.2 Å². The van der Waals surface area contributed by atoms with Gasteiger partial charge in [0.25, 0.3) is 0 Å². The van der Waals surface area contributed by atoms with E-state index < -0.39 is 0 Å². The van der Waals surface area contributed by atoms with Gasteiger partial charge in [-0.05, 0) is 13.8 Å². The van der Waals surface area contributed by atoms with E-state index >= 15 is 0 Å². The molecule has 0 aromatic carbocycles. The molecule has 0 radical (unpaired) electrons. The highest BCUT2D eigenvalue weighted by Crippen LogP contribution is 2.10. The highest BCUT2D eigenvalue weighted by molar-refractivity contribution is 5.81. The lowest BCUT2D eigenvalue weighted by Gasteiger charge is -2.21. The van der Waals surface area contributed by atoms with Crippen LogP contribution in [-0.4, -0.2) is 23.4 Å². The van der Waals surface area contributed by atoms with E-state index in [4.69, 9.17) is 5.73 Å². The number of hydrogen-bond acceptors (Lipinski definition) is 3. The molecule has 0 amide bonds. The van der Waals surface area contributed by atoms with Crippen LogP contribution in [0.4, 0.5) is 0 Å². The molecule has 1 aliphatic heterocycles. The summed E-state index contributed by atoms with van der Waals surface area (Å²) in [4.78, 5) is 6.03. The first-order valence-electron chi connectivity index (χ1n) is 3.40. The van der Waals surface area contributed by atoms with E-state index in [0.29, 0.717) is 12.0 Å². The van der Waals surface area contributed by atoms with E-state index in [-0.39, 0.29) is 0 Å². The van der Waals surface area contributed by atoms with Crippen molar-refractivity contribution >= 4 is 5.96 Å². The van der Waals surface area contributed by atoms with Gasteiger partial charge in [-0.15, -0.1) is 0 Å². The van der Waals surface area contributed by atoms with Crippen molar-refractivity contribution in [3.8, 4) is 0 Å². The maximum Gasteiger partial charge on any atom is 0.196 e. The van der Waals surface area contributed by atoms with Crippen LogP contribution in [0.15, 0.2) is 17.3 Å². The van der Waals surface area contributed by atoms with Gasteiger partial charge in [0.05, 0.1) is 12.2 Å². The molecule has 0 spiro atoms.